The zero-order valence-corrected chi connectivity index (χ0v) is 23.2. The lowest BCUT2D eigenvalue weighted by Gasteiger charge is -2.44. The number of carbonyl (C=O) groups excluding carboxylic acids is 2. The Morgan fingerprint density at radius 3 is 2.05 bits per heavy atom. The monoisotopic (exact) mass is 546 g/mol. The van der Waals surface area contributed by atoms with Crippen LogP contribution in [0.1, 0.15) is 61.1 Å². The van der Waals surface area contributed by atoms with Gasteiger partial charge in [-0.15, -0.1) is 0 Å². The number of halogens is 1. The Morgan fingerprint density at radius 2 is 1.35 bits per heavy atom. The second-order valence-corrected chi connectivity index (χ2v) is 11.6. The van der Waals surface area contributed by atoms with Crippen molar-refractivity contribution in [1.29, 1.82) is 0 Å². The number of hydrogen-bond donors (Lipinski definition) is 0. The van der Waals surface area contributed by atoms with Crippen molar-refractivity contribution in [2.75, 3.05) is 0 Å². The summed E-state index contributed by atoms with van der Waals surface area (Å²) in [6, 6.07) is 26.7. The van der Waals surface area contributed by atoms with Gasteiger partial charge in [-0.1, -0.05) is 72.3 Å². The van der Waals surface area contributed by atoms with Crippen molar-refractivity contribution in [3.8, 4) is 0 Å². The van der Waals surface area contributed by atoms with Crippen LogP contribution in [-0.2, 0) is 22.7 Å². The average Bonchev–Trinajstić information content (AvgIpc) is 3.32. The number of para-hydroxylation sites is 1. The minimum absolute atomic E-state index is 0.181. The van der Waals surface area contributed by atoms with Gasteiger partial charge in [-0.2, -0.15) is 0 Å². The highest BCUT2D eigenvalue weighted by molar-refractivity contribution is 6.30. The molecule has 0 spiro atoms. The molecule has 7 rings (SSSR count). The molecule has 0 amide bonds. The Hall–Kier alpha value is -3.89. The molecule has 0 fully saturated rings. The van der Waals surface area contributed by atoms with E-state index < -0.39 is 0 Å². The Labute approximate surface area is 239 Å². The van der Waals surface area contributed by atoms with Crippen molar-refractivity contribution in [3.63, 3.8) is 0 Å². The van der Waals surface area contributed by atoms with Crippen LogP contribution in [0.4, 0.5) is 0 Å². The fourth-order valence-electron chi connectivity index (χ4n) is 6.95. The molecule has 2 aliphatic carbocycles. The second-order valence-electron chi connectivity index (χ2n) is 11.1. The van der Waals surface area contributed by atoms with E-state index in [0.29, 0.717) is 31.0 Å². The lowest BCUT2D eigenvalue weighted by Crippen LogP contribution is -2.38. The first-order valence-corrected chi connectivity index (χ1v) is 14.6. The minimum atomic E-state index is -0.330. The molecule has 200 valence electrons. The summed E-state index contributed by atoms with van der Waals surface area (Å²) in [5, 5.41) is 1.81. The summed E-state index contributed by atoms with van der Waals surface area (Å²) in [5.41, 5.74) is 8.36. The fraction of sp³-hybridized carbons (Fsp3) is 0.257. The molecule has 1 aromatic heterocycles. The van der Waals surface area contributed by atoms with Crippen LogP contribution in [0.3, 0.4) is 0 Å². The topological polar surface area (TPSA) is 42.3 Å². The molecule has 0 saturated heterocycles. The standard InChI is InChI=1S/C35H31ClN2O2/c36-25-12-6-11-24(19-25)20-37-22-27(26-13-4-5-14-28(26)37)33-34-29(15-7-17-31(34)39)38(21-23-9-2-1-3-10-23)30-16-8-18-32(40)35(30)33/h1-6,9-14,19,22,33H,7-8,15-18,20-21H2. The summed E-state index contributed by atoms with van der Waals surface area (Å²) in [7, 11) is 0. The lowest BCUT2D eigenvalue weighted by molar-refractivity contribution is -0.117. The SMILES string of the molecule is O=C1CCCC2=C1C(c1cn(Cc3cccc(Cl)c3)c3ccccc13)C1=C(CCCC1=O)N2Cc1ccccc1. The molecule has 2 heterocycles. The molecule has 4 aromatic rings. The molecule has 5 heteroatoms. The van der Waals surface area contributed by atoms with Gasteiger partial charge in [0.05, 0.1) is 0 Å². The molecule has 0 N–H and O–H groups in total. The molecular formula is C35H31ClN2O2. The highest BCUT2D eigenvalue weighted by atomic mass is 35.5. The van der Waals surface area contributed by atoms with Gasteiger partial charge < -0.3 is 9.47 Å². The van der Waals surface area contributed by atoms with E-state index in [9.17, 15) is 9.59 Å². The zero-order chi connectivity index (χ0) is 27.2. The summed E-state index contributed by atoms with van der Waals surface area (Å²) in [4.78, 5) is 30.0. The van der Waals surface area contributed by atoms with Crippen molar-refractivity contribution in [2.45, 2.75) is 57.5 Å². The first-order chi connectivity index (χ1) is 19.6. The predicted octanol–water partition coefficient (Wildman–Crippen LogP) is 7.96. The summed E-state index contributed by atoms with van der Waals surface area (Å²) in [6.07, 6.45) is 6.67. The van der Waals surface area contributed by atoms with Crippen LogP contribution in [-0.4, -0.2) is 21.0 Å². The third kappa shape index (κ3) is 4.31. The molecule has 0 radical (unpaired) electrons. The Bertz CT molecular complexity index is 1670. The quantitative estimate of drug-likeness (QED) is 0.255. The van der Waals surface area contributed by atoms with Gasteiger partial charge in [-0.3, -0.25) is 9.59 Å². The van der Waals surface area contributed by atoms with E-state index in [1.165, 1.54) is 5.56 Å². The number of rotatable bonds is 5. The number of allylic oxidation sites excluding steroid dienone is 4. The number of benzene rings is 3. The van der Waals surface area contributed by atoms with Crippen molar-refractivity contribution in [3.05, 3.63) is 129 Å². The highest BCUT2D eigenvalue weighted by Gasteiger charge is 2.44. The minimum Gasteiger partial charge on any atom is -0.343 e. The molecule has 0 saturated carbocycles. The van der Waals surface area contributed by atoms with Crippen molar-refractivity contribution < 1.29 is 9.59 Å². The number of carbonyl (C=O) groups is 2. The number of fused-ring (bicyclic) bond motifs is 1. The number of aromatic nitrogens is 1. The van der Waals surface area contributed by atoms with Crippen LogP contribution in [0.15, 0.2) is 108 Å². The smallest absolute Gasteiger partial charge is 0.161 e. The molecule has 1 aliphatic heterocycles. The molecular weight excluding hydrogens is 516 g/mol. The maximum atomic E-state index is 13.8. The van der Waals surface area contributed by atoms with E-state index in [0.717, 1.165) is 70.3 Å². The maximum absolute atomic E-state index is 13.8. The first-order valence-electron chi connectivity index (χ1n) is 14.2. The van der Waals surface area contributed by atoms with Crippen LogP contribution >= 0.6 is 11.6 Å². The van der Waals surface area contributed by atoms with Crippen LogP contribution in [0.2, 0.25) is 5.02 Å². The molecule has 3 aliphatic rings. The van der Waals surface area contributed by atoms with Gasteiger partial charge in [0.15, 0.2) is 11.6 Å². The van der Waals surface area contributed by atoms with Gasteiger partial charge in [0.25, 0.3) is 0 Å². The maximum Gasteiger partial charge on any atom is 0.161 e. The van der Waals surface area contributed by atoms with E-state index in [1.807, 2.05) is 24.3 Å². The van der Waals surface area contributed by atoms with Crippen LogP contribution < -0.4 is 0 Å². The van der Waals surface area contributed by atoms with E-state index in [2.05, 4.69) is 70.3 Å². The zero-order valence-electron chi connectivity index (χ0n) is 22.4. The summed E-state index contributed by atoms with van der Waals surface area (Å²) in [6.45, 7) is 1.34. The fourth-order valence-corrected chi connectivity index (χ4v) is 7.17. The summed E-state index contributed by atoms with van der Waals surface area (Å²) < 4.78 is 2.24. The highest BCUT2D eigenvalue weighted by Crippen LogP contribution is 2.51. The number of nitrogens with zero attached hydrogens (tertiary/aromatic N) is 2. The van der Waals surface area contributed by atoms with Gasteiger partial charge in [-0.05, 0) is 60.6 Å². The van der Waals surface area contributed by atoms with Gasteiger partial charge in [0.2, 0.25) is 0 Å². The van der Waals surface area contributed by atoms with Crippen molar-refractivity contribution in [1.82, 2.24) is 9.47 Å². The Balaban J connectivity index is 1.43. The predicted molar refractivity (Wildman–Crippen MR) is 159 cm³/mol. The van der Waals surface area contributed by atoms with Gasteiger partial charge in [0, 0.05) is 76.5 Å². The van der Waals surface area contributed by atoms with E-state index in [4.69, 9.17) is 11.6 Å². The third-order valence-electron chi connectivity index (χ3n) is 8.64. The molecule has 0 atom stereocenters. The average molecular weight is 547 g/mol. The van der Waals surface area contributed by atoms with E-state index in [1.54, 1.807) is 0 Å². The normalized spacial score (nSPS) is 18.0. The Morgan fingerprint density at radius 1 is 0.700 bits per heavy atom. The van der Waals surface area contributed by atoms with Crippen LogP contribution in [0.25, 0.3) is 10.9 Å². The molecule has 40 heavy (non-hydrogen) atoms. The molecule has 3 aromatic carbocycles. The molecule has 0 unspecified atom stereocenters. The summed E-state index contributed by atoms with van der Waals surface area (Å²) in [5.74, 6) is 0.0324. The van der Waals surface area contributed by atoms with E-state index >= 15 is 0 Å². The lowest BCUT2D eigenvalue weighted by atomic mass is 9.71. The van der Waals surface area contributed by atoms with Gasteiger partial charge in [0.1, 0.15) is 0 Å². The third-order valence-corrected chi connectivity index (χ3v) is 8.88. The van der Waals surface area contributed by atoms with Crippen molar-refractivity contribution >= 4 is 34.1 Å². The van der Waals surface area contributed by atoms with Gasteiger partial charge in [-0.25, -0.2) is 0 Å². The number of ketones is 2. The molecule has 0 bridgehead atoms. The van der Waals surface area contributed by atoms with Crippen molar-refractivity contribution in [2.24, 2.45) is 0 Å². The number of hydrogen-bond acceptors (Lipinski definition) is 3. The summed E-state index contributed by atoms with van der Waals surface area (Å²) >= 11 is 6.31. The Kier molecular flexibility index (Phi) is 6.44. The van der Waals surface area contributed by atoms with E-state index in [-0.39, 0.29) is 17.5 Å². The largest absolute Gasteiger partial charge is 0.343 e. The van der Waals surface area contributed by atoms with Gasteiger partial charge >= 0.3 is 0 Å². The second kappa shape index (κ2) is 10.3. The van der Waals surface area contributed by atoms with Crippen LogP contribution in [0, 0.1) is 0 Å². The molecule has 4 nitrogen and oxygen atoms in total. The number of Topliss-reactive ketones (excluding diaryl/α,β-unsaturated/α-hetero) is 2. The first kappa shape index (κ1) is 25.1. The van der Waals surface area contributed by atoms with Crippen LogP contribution in [0.5, 0.6) is 0 Å².